The molecular weight excluding hydrogens is 172 g/mol. The molecule has 1 aromatic heterocycles. The van der Waals surface area contributed by atoms with Gasteiger partial charge in [0.25, 0.3) is 0 Å². The number of aromatic nitrogens is 2. The number of H-pyrrole nitrogens is 1. The van der Waals surface area contributed by atoms with Crippen LogP contribution in [0.5, 0.6) is 0 Å². The summed E-state index contributed by atoms with van der Waals surface area (Å²) in [4.78, 5) is 0. The highest BCUT2D eigenvalue weighted by Gasteiger charge is 2.10. The van der Waals surface area contributed by atoms with Crippen LogP contribution in [-0.4, -0.2) is 10.2 Å². The smallest absolute Gasteiger partial charge is 0.0653 e. The Morgan fingerprint density at radius 1 is 1.36 bits per heavy atom. The first kappa shape index (κ1) is 9.25. The Kier molecular flexibility index (Phi) is 2.28. The van der Waals surface area contributed by atoms with Crippen molar-refractivity contribution in [3.63, 3.8) is 0 Å². The van der Waals surface area contributed by atoms with E-state index in [0.29, 0.717) is 5.92 Å². The first-order valence-electron chi connectivity index (χ1n) is 5.19. The number of rotatable bonds is 2. The molecular formula is C12H16N2. The second-order valence-corrected chi connectivity index (χ2v) is 3.98. The van der Waals surface area contributed by atoms with E-state index in [2.05, 4.69) is 43.1 Å². The summed E-state index contributed by atoms with van der Waals surface area (Å²) >= 11 is 0. The van der Waals surface area contributed by atoms with E-state index in [-0.39, 0.29) is 0 Å². The van der Waals surface area contributed by atoms with Gasteiger partial charge in [-0.2, -0.15) is 5.10 Å². The minimum absolute atomic E-state index is 0.561. The Bertz CT molecular complexity index is 441. The number of benzene rings is 1. The summed E-state index contributed by atoms with van der Waals surface area (Å²) in [5, 5.41) is 8.39. The van der Waals surface area contributed by atoms with Crippen LogP contribution in [0.4, 0.5) is 0 Å². The van der Waals surface area contributed by atoms with E-state index < -0.39 is 0 Å². The van der Waals surface area contributed by atoms with Crippen molar-refractivity contribution in [2.75, 3.05) is 0 Å². The molecule has 0 radical (unpaired) electrons. The van der Waals surface area contributed by atoms with Gasteiger partial charge < -0.3 is 0 Å². The van der Waals surface area contributed by atoms with Crippen molar-refractivity contribution in [1.29, 1.82) is 0 Å². The molecule has 0 unspecified atom stereocenters. The van der Waals surface area contributed by atoms with Gasteiger partial charge in [-0.3, -0.25) is 5.10 Å². The number of nitrogens with one attached hydrogen (secondary N) is 1. The van der Waals surface area contributed by atoms with Crippen molar-refractivity contribution in [2.24, 2.45) is 0 Å². The zero-order valence-corrected chi connectivity index (χ0v) is 8.96. The third kappa shape index (κ3) is 1.31. The van der Waals surface area contributed by atoms with Gasteiger partial charge in [-0.15, -0.1) is 0 Å². The lowest BCUT2D eigenvalue weighted by Crippen LogP contribution is -1.95. The lowest BCUT2D eigenvalue weighted by atomic mass is 9.92. The van der Waals surface area contributed by atoms with E-state index in [0.717, 1.165) is 11.9 Å². The van der Waals surface area contributed by atoms with Gasteiger partial charge in [0.05, 0.1) is 11.7 Å². The predicted molar refractivity (Wildman–Crippen MR) is 59.6 cm³/mol. The lowest BCUT2D eigenvalue weighted by Gasteiger charge is -2.12. The molecule has 0 atom stereocenters. The summed E-state index contributed by atoms with van der Waals surface area (Å²) in [7, 11) is 0. The SMILES string of the molecule is CCc1ccc2[nH]ncc2c1C(C)C. The number of aromatic amines is 1. The highest BCUT2D eigenvalue weighted by atomic mass is 15.1. The monoisotopic (exact) mass is 188 g/mol. The maximum atomic E-state index is 4.09. The molecule has 0 spiro atoms. The molecule has 2 heteroatoms. The van der Waals surface area contributed by atoms with Gasteiger partial charge in [-0.1, -0.05) is 26.8 Å². The fourth-order valence-corrected chi connectivity index (χ4v) is 2.07. The molecule has 0 saturated heterocycles. The van der Waals surface area contributed by atoms with Crippen LogP contribution in [-0.2, 0) is 6.42 Å². The largest absolute Gasteiger partial charge is 0.278 e. The zero-order chi connectivity index (χ0) is 10.1. The Hall–Kier alpha value is -1.31. The zero-order valence-electron chi connectivity index (χ0n) is 8.96. The molecule has 0 saturated carbocycles. The summed E-state index contributed by atoms with van der Waals surface area (Å²) in [6, 6.07) is 4.32. The van der Waals surface area contributed by atoms with Crippen molar-refractivity contribution in [3.8, 4) is 0 Å². The minimum Gasteiger partial charge on any atom is -0.278 e. The number of fused-ring (bicyclic) bond motifs is 1. The van der Waals surface area contributed by atoms with Gasteiger partial charge in [0.15, 0.2) is 0 Å². The fourth-order valence-electron chi connectivity index (χ4n) is 2.07. The van der Waals surface area contributed by atoms with E-state index in [1.165, 1.54) is 16.5 Å². The average Bonchev–Trinajstić information content (AvgIpc) is 2.62. The summed E-state index contributed by atoms with van der Waals surface area (Å²) in [6.07, 6.45) is 3.03. The molecule has 1 aromatic carbocycles. The Balaban J connectivity index is 2.75. The molecule has 1 heterocycles. The first-order chi connectivity index (χ1) is 6.74. The van der Waals surface area contributed by atoms with Crippen molar-refractivity contribution >= 4 is 10.9 Å². The van der Waals surface area contributed by atoms with E-state index in [1.54, 1.807) is 0 Å². The van der Waals surface area contributed by atoms with E-state index >= 15 is 0 Å². The second kappa shape index (κ2) is 3.45. The van der Waals surface area contributed by atoms with E-state index in [1.807, 2.05) is 6.20 Å². The maximum absolute atomic E-state index is 4.09. The minimum atomic E-state index is 0.561. The maximum Gasteiger partial charge on any atom is 0.0653 e. The molecule has 14 heavy (non-hydrogen) atoms. The van der Waals surface area contributed by atoms with E-state index in [4.69, 9.17) is 0 Å². The molecule has 0 amide bonds. The fraction of sp³-hybridized carbons (Fsp3) is 0.417. The van der Waals surface area contributed by atoms with Crippen molar-refractivity contribution in [3.05, 3.63) is 29.5 Å². The molecule has 0 aliphatic carbocycles. The van der Waals surface area contributed by atoms with Crippen LogP contribution in [0, 0.1) is 0 Å². The van der Waals surface area contributed by atoms with Gasteiger partial charge in [0.2, 0.25) is 0 Å². The molecule has 0 aliphatic heterocycles. The molecule has 2 rings (SSSR count). The van der Waals surface area contributed by atoms with Gasteiger partial charge in [-0.05, 0) is 29.5 Å². The molecule has 2 nitrogen and oxygen atoms in total. The third-order valence-corrected chi connectivity index (χ3v) is 2.71. The molecule has 1 N–H and O–H groups in total. The number of hydrogen-bond acceptors (Lipinski definition) is 1. The van der Waals surface area contributed by atoms with Crippen molar-refractivity contribution < 1.29 is 0 Å². The van der Waals surface area contributed by atoms with Crippen LogP contribution in [0.1, 0.15) is 37.8 Å². The topological polar surface area (TPSA) is 28.7 Å². The third-order valence-electron chi connectivity index (χ3n) is 2.71. The van der Waals surface area contributed by atoms with Crippen molar-refractivity contribution in [2.45, 2.75) is 33.1 Å². The standard InChI is InChI=1S/C12H16N2/c1-4-9-5-6-11-10(7-13-14-11)12(9)8(2)3/h5-8H,4H2,1-3H3,(H,13,14). The van der Waals surface area contributed by atoms with Crippen LogP contribution >= 0.6 is 0 Å². The van der Waals surface area contributed by atoms with Crippen molar-refractivity contribution in [1.82, 2.24) is 10.2 Å². The molecule has 0 fully saturated rings. The van der Waals surface area contributed by atoms with Gasteiger partial charge in [-0.25, -0.2) is 0 Å². The quantitative estimate of drug-likeness (QED) is 0.770. The Labute approximate surface area is 84.3 Å². The van der Waals surface area contributed by atoms with Gasteiger partial charge in [0, 0.05) is 5.39 Å². The van der Waals surface area contributed by atoms with Crippen LogP contribution in [0.15, 0.2) is 18.3 Å². The predicted octanol–water partition coefficient (Wildman–Crippen LogP) is 3.25. The highest BCUT2D eigenvalue weighted by Crippen LogP contribution is 2.28. The van der Waals surface area contributed by atoms with Crippen LogP contribution < -0.4 is 0 Å². The normalized spacial score (nSPS) is 11.4. The number of hydrogen-bond donors (Lipinski definition) is 1. The number of aryl methyl sites for hydroxylation is 1. The molecule has 0 bridgehead atoms. The first-order valence-corrected chi connectivity index (χ1v) is 5.19. The molecule has 2 aromatic rings. The van der Waals surface area contributed by atoms with Gasteiger partial charge in [0.1, 0.15) is 0 Å². The van der Waals surface area contributed by atoms with Crippen LogP contribution in [0.2, 0.25) is 0 Å². The van der Waals surface area contributed by atoms with Crippen LogP contribution in [0.25, 0.3) is 10.9 Å². The Morgan fingerprint density at radius 2 is 2.14 bits per heavy atom. The summed E-state index contributed by atoms with van der Waals surface area (Å²) in [5.41, 5.74) is 4.03. The summed E-state index contributed by atoms with van der Waals surface area (Å²) in [5.74, 6) is 0.561. The lowest BCUT2D eigenvalue weighted by molar-refractivity contribution is 0.855. The summed E-state index contributed by atoms with van der Waals surface area (Å²) < 4.78 is 0. The van der Waals surface area contributed by atoms with Gasteiger partial charge >= 0.3 is 0 Å². The number of nitrogens with zero attached hydrogens (tertiary/aromatic N) is 1. The average molecular weight is 188 g/mol. The highest BCUT2D eigenvalue weighted by molar-refractivity contribution is 5.83. The summed E-state index contributed by atoms with van der Waals surface area (Å²) in [6.45, 7) is 6.68. The molecule has 74 valence electrons. The Morgan fingerprint density at radius 3 is 2.79 bits per heavy atom. The second-order valence-electron chi connectivity index (χ2n) is 3.98. The van der Waals surface area contributed by atoms with E-state index in [9.17, 15) is 0 Å². The molecule has 0 aliphatic rings. The van der Waals surface area contributed by atoms with Crippen LogP contribution in [0.3, 0.4) is 0 Å².